The molecule has 0 amide bonds. The first-order valence-electron chi connectivity index (χ1n) is 14.4. The molecule has 0 saturated carbocycles. The van der Waals surface area contributed by atoms with E-state index in [0.717, 1.165) is 39.4 Å². The summed E-state index contributed by atoms with van der Waals surface area (Å²) < 4.78 is 2.05. The standard InChI is InChI=1S/C37H30N6/c1-37(2,3)26-20-22-27(23-21-26)43-35(41-42-36(43)34-19-10-17-32(40-34)31-15-6-7-24-38-31)33-18-9-16-30(39-33)29-14-8-12-25-11-4-5-13-28(25)29/h4-24H,1-3H3. The fourth-order valence-electron chi connectivity index (χ4n) is 5.35. The van der Waals surface area contributed by atoms with Crippen LogP contribution < -0.4 is 0 Å². The molecule has 7 aromatic rings. The molecule has 7 rings (SSSR count). The van der Waals surface area contributed by atoms with Gasteiger partial charge in [0.15, 0.2) is 11.6 Å². The van der Waals surface area contributed by atoms with Gasteiger partial charge in [-0.3, -0.25) is 9.55 Å². The summed E-state index contributed by atoms with van der Waals surface area (Å²) in [5, 5.41) is 11.7. The van der Waals surface area contributed by atoms with E-state index in [4.69, 9.17) is 15.1 Å². The lowest BCUT2D eigenvalue weighted by Gasteiger charge is -2.19. The number of hydrogen-bond donors (Lipinski definition) is 0. The van der Waals surface area contributed by atoms with Crippen LogP contribution >= 0.6 is 0 Å². The molecule has 43 heavy (non-hydrogen) atoms. The second-order valence-electron chi connectivity index (χ2n) is 11.5. The third kappa shape index (κ3) is 5.08. The molecule has 0 aliphatic rings. The third-order valence-corrected chi connectivity index (χ3v) is 7.60. The molecule has 4 heterocycles. The summed E-state index contributed by atoms with van der Waals surface area (Å²) in [6.45, 7) is 6.65. The van der Waals surface area contributed by atoms with Gasteiger partial charge in [-0.2, -0.15) is 0 Å². The number of aromatic nitrogens is 6. The van der Waals surface area contributed by atoms with Crippen molar-refractivity contribution in [1.82, 2.24) is 29.7 Å². The summed E-state index contributed by atoms with van der Waals surface area (Å²) in [6, 6.07) is 41.0. The first-order chi connectivity index (χ1) is 21.0. The quantitative estimate of drug-likeness (QED) is 0.212. The molecule has 0 aliphatic carbocycles. The van der Waals surface area contributed by atoms with Gasteiger partial charge < -0.3 is 0 Å². The third-order valence-electron chi connectivity index (χ3n) is 7.60. The van der Waals surface area contributed by atoms with Gasteiger partial charge in [0.2, 0.25) is 0 Å². The Kier molecular flexibility index (Phi) is 6.59. The highest BCUT2D eigenvalue weighted by atomic mass is 15.3. The van der Waals surface area contributed by atoms with Crippen molar-refractivity contribution < 1.29 is 0 Å². The Morgan fingerprint density at radius 2 is 1.09 bits per heavy atom. The van der Waals surface area contributed by atoms with E-state index in [0.29, 0.717) is 17.3 Å². The van der Waals surface area contributed by atoms with Gasteiger partial charge in [-0.25, -0.2) is 9.97 Å². The summed E-state index contributed by atoms with van der Waals surface area (Å²) in [6.07, 6.45) is 1.77. The van der Waals surface area contributed by atoms with E-state index in [1.807, 2.05) is 59.2 Å². The highest BCUT2D eigenvalue weighted by Gasteiger charge is 2.21. The molecule has 0 fully saturated rings. The van der Waals surface area contributed by atoms with Crippen LogP contribution in [0.25, 0.3) is 62.1 Å². The highest BCUT2D eigenvalue weighted by molar-refractivity contribution is 5.96. The number of hydrogen-bond acceptors (Lipinski definition) is 5. The number of rotatable bonds is 5. The lowest BCUT2D eigenvalue weighted by Crippen LogP contribution is -2.11. The average molecular weight is 559 g/mol. The number of fused-ring (bicyclic) bond motifs is 1. The van der Waals surface area contributed by atoms with Crippen LogP contribution in [0.15, 0.2) is 128 Å². The van der Waals surface area contributed by atoms with Crippen molar-refractivity contribution in [2.45, 2.75) is 26.2 Å². The Labute approximate surface area is 250 Å². The fourth-order valence-corrected chi connectivity index (χ4v) is 5.35. The zero-order valence-corrected chi connectivity index (χ0v) is 24.3. The molecule has 208 valence electrons. The molecule has 6 nitrogen and oxygen atoms in total. The van der Waals surface area contributed by atoms with Crippen LogP contribution in [0.1, 0.15) is 26.3 Å². The predicted molar refractivity (Wildman–Crippen MR) is 173 cm³/mol. The van der Waals surface area contributed by atoms with Crippen molar-refractivity contribution >= 4 is 10.8 Å². The van der Waals surface area contributed by atoms with Gasteiger partial charge in [-0.15, -0.1) is 10.2 Å². The first-order valence-corrected chi connectivity index (χ1v) is 14.4. The van der Waals surface area contributed by atoms with E-state index in [9.17, 15) is 0 Å². The molecule has 0 atom stereocenters. The maximum Gasteiger partial charge on any atom is 0.187 e. The molecule has 0 spiro atoms. The zero-order chi connectivity index (χ0) is 29.4. The minimum atomic E-state index is 0.0320. The van der Waals surface area contributed by atoms with Crippen molar-refractivity contribution in [2.75, 3.05) is 0 Å². The Morgan fingerprint density at radius 1 is 0.512 bits per heavy atom. The Morgan fingerprint density at radius 3 is 1.79 bits per heavy atom. The van der Waals surface area contributed by atoms with Crippen molar-refractivity contribution in [3.8, 4) is 51.4 Å². The smallest absolute Gasteiger partial charge is 0.187 e. The van der Waals surface area contributed by atoms with E-state index in [1.54, 1.807) is 6.20 Å². The molecule has 0 saturated heterocycles. The van der Waals surface area contributed by atoms with Crippen molar-refractivity contribution in [3.05, 3.63) is 133 Å². The van der Waals surface area contributed by atoms with E-state index in [2.05, 4.69) is 97.6 Å². The van der Waals surface area contributed by atoms with Gasteiger partial charge in [0.1, 0.15) is 11.4 Å². The minimum Gasteiger partial charge on any atom is -0.272 e. The number of benzene rings is 3. The summed E-state index contributed by atoms with van der Waals surface area (Å²) >= 11 is 0. The Bertz CT molecular complexity index is 2050. The minimum absolute atomic E-state index is 0.0320. The predicted octanol–water partition coefficient (Wildman–Crippen LogP) is 8.57. The van der Waals surface area contributed by atoms with Gasteiger partial charge in [0.25, 0.3) is 0 Å². The lowest BCUT2D eigenvalue weighted by molar-refractivity contribution is 0.590. The lowest BCUT2D eigenvalue weighted by atomic mass is 9.87. The fraction of sp³-hybridized carbons (Fsp3) is 0.108. The highest BCUT2D eigenvalue weighted by Crippen LogP contribution is 2.32. The van der Waals surface area contributed by atoms with E-state index in [-0.39, 0.29) is 5.41 Å². The molecular formula is C37H30N6. The zero-order valence-electron chi connectivity index (χ0n) is 24.3. The van der Waals surface area contributed by atoms with E-state index >= 15 is 0 Å². The molecule has 3 aromatic carbocycles. The Hall–Kier alpha value is -5.49. The van der Waals surface area contributed by atoms with Crippen molar-refractivity contribution in [3.63, 3.8) is 0 Å². The molecule has 0 bridgehead atoms. The monoisotopic (exact) mass is 558 g/mol. The van der Waals surface area contributed by atoms with Crippen molar-refractivity contribution in [1.29, 1.82) is 0 Å². The maximum absolute atomic E-state index is 5.12. The number of pyridine rings is 3. The molecule has 0 N–H and O–H groups in total. The molecular weight excluding hydrogens is 528 g/mol. The maximum atomic E-state index is 5.12. The summed E-state index contributed by atoms with van der Waals surface area (Å²) in [5.74, 6) is 1.28. The topological polar surface area (TPSA) is 69.4 Å². The van der Waals surface area contributed by atoms with Gasteiger partial charge in [0, 0.05) is 17.4 Å². The summed E-state index contributed by atoms with van der Waals surface area (Å²) in [7, 11) is 0. The van der Waals surface area contributed by atoms with E-state index < -0.39 is 0 Å². The average Bonchev–Trinajstić information content (AvgIpc) is 3.50. The number of nitrogens with zero attached hydrogens (tertiary/aromatic N) is 6. The summed E-state index contributed by atoms with van der Waals surface area (Å²) in [5.41, 5.74) is 7.17. The van der Waals surface area contributed by atoms with Crippen LogP contribution in [0.4, 0.5) is 0 Å². The molecule has 4 aromatic heterocycles. The van der Waals surface area contributed by atoms with Crippen LogP contribution in [-0.2, 0) is 5.41 Å². The first kappa shape index (κ1) is 26.4. The van der Waals surface area contributed by atoms with Gasteiger partial charge >= 0.3 is 0 Å². The second-order valence-corrected chi connectivity index (χ2v) is 11.5. The van der Waals surface area contributed by atoms with Crippen LogP contribution in [0.5, 0.6) is 0 Å². The molecule has 0 unspecified atom stereocenters. The summed E-state index contributed by atoms with van der Waals surface area (Å²) in [4.78, 5) is 14.6. The molecule has 0 aliphatic heterocycles. The van der Waals surface area contributed by atoms with Gasteiger partial charge in [-0.05, 0) is 70.3 Å². The van der Waals surface area contributed by atoms with Crippen LogP contribution in [0.2, 0.25) is 0 Å². The van der Waals surface area contributed by atoms with Gasteiger partial charge in [0.05, 0.1) is 17.1 Å². The van der Waals surface area contributed by atoms with Gasteiger partial charge in [-0.1, -0.05) is 93.6 Å². The van der Waals surface area contributed by atoms with Crippen molar-refractivity contribution in [2.24, 2.45) is 0 Å². The van der Waals surface area contributed by atoms with Crippen LogP contribution in [0, 0.1) is 0 Å². The van der Waals surface area contributed by atoms with E-state index in [1.165, 1.54) is 10.9 Å². The van der Waals surface area contributed by atoms with Crippen LogP contribution in [-0.4, -0.2) is 29.7 Å². The SMILES string of the molecule is CC(C)(C)c1ccc(-n2c(-c3cccc(-c4ccccn4)n3)nnc2-c2cccc(-c3cccc4ccccc34)n2)cc1. The molecule has 0 radical (unpaired) electrons. The largest absolute Gasteiger partial charge is 0.272 e. The second kappa shape index (κ2) is 10.7. The normalized spacial score (nSPS) is 11.6. The van der Waals surface area contributed by atoms with Crippen LogP contribution in [0.3, 0.4) is 0 Å². The Balaban J connectivity index is 1.40. The molecule has 6 heteroatoms.